The third-order valence-corrected chi connectivity index (χ3v) is 7.30. The number of aliphatic hydroxyl groups is 3. The average Bonchev–Trinajstić information content (AvgIpc) is 2.94. The predicted molar refractivity (Wildman–Crippen MR) is 95.7 cm³/mol. The Hall–Kier alpha value is -1.10. The van der Waals surface area contributed by atoms with Crippen LogP contribution in [0.3, 0.4) is 0 Å². The molecule has 6 atom stereocenters. The van der Waals surface area contributed by atoms with Gasteiger partial charge >= 0.3 is 0 Å². The van der Waals surface area contributed by atoms with Crippen molar-refractivity contribution in [2.24, 2.45) is 17.3 Å². The Morgan fingerprint density at radius 2 is 2.08 bits per heavy atom. The highest BCUT2D eigenvalue weighted by atomic mass is 16.5. The number of aryl methyl sites for hydroxylation is 1. The summed E-state index contributed by atoms with van der Waals surface area (Å²) in [6.45, 7) is 2.16. The molecule has 4 heteroatoms. The lowest BCUT2D eigenvalue weighted by molar-refractivity contribution is -0.0226. The highest BCUT2D eigenvalue weighted by Crippen LogP contribution is 2.60. The van der Waals surface area contributed by atoms with Crippen LogP contribution in [0, 0.1) is 17.3 Å². The maximum absolute atomic E-state index is 10.5. The molecule has 0 amide bonds. The summed E-state index contributed by atoms with van der Waals surface area (Å²) >= 11 is 0. The van der Waals surface area contributed by atoms with Gasteiger partial charge in [-0.25, -0.2) is 0 Å². The fourth-order valence-corrected chi connectivity index (χ4v) is 5.87. The minimum atomic E-state index is -0.828. The largest absolute Gasteiger partial charge is 0.491 e. The molecule has 1 aromatic carbocycles. The first-order chi connectivity index (χ1) is 12.0. The first-order valence-electron chi connectivity index (χ1n) is 9.75. The lowest BCUT2D eigenvalue weighted by Gasteiger charge is -2.50. The standard InChI is InChI=1S/C21H30O4/c1-21-9-8-17-16-5-3-15(25-12-14(23)11-22)10-13(16)2-4-18(17)19(21)6-7-20(21)24/h3,5,10,14,17-20,22-24H,2,4,6-9,11-12H2,1H3. The summed E-state index contributed by atoms with van der Waals surface area (Å²) in [5.41, 5.74) is 2.97. The molecule has 25 heavy (non-hydrogen) atoms. The number of benzene rings is 1. The van der Waals surface area contributed by atoms with E-state index in [-0.39, 0.29) is 24.7 Å². The Kier molecular flexibility index (Phi) is 4.55. The molecule has 3 aliphatic carbocycles. The molecule has 0 radical (unpaired) electrons. The summed E-state index contributed by atoms with van der Waals surface area (Å²) in [5, 5.41) is 28.8. The molecule has 3 aliphatic rings. The van der Waals surface area contributed by atoms with Crippen molar-refractivity contribution < 1.29 is 20.1 Å². The Labute approximate surface area is 149 Å². The van der Waals surface area contributed by atoms with Gasteiger partial charge in [0.25, 0.3) is 0 Å². The second-order valence-corrected chi connectivity index (χ2v) is 8.56. The zero-order valence-electron chi connectivity index (χ0n) is 15.0. The number of fused-ring (bicyclic) bond motifs is 5. The monoisotopic (exact) mass is 346 g/mol. The Balaban J connectivity index is 1.53. The zero-order chi connectivity index (χ0) is 17.6. The summed E-state index contributed by atoms with van der Waals surface area (Å²) < 4.78 is 5.62. The van der Waals surface area contributed by atoms with Crippen LogP contribution in [0.5, 0.6) is 5.75 Å². The van der Waals surface area contributed by atoms with Crippen LogP contribution in [-0.2, 0) is 6.42 Å². The van der Waals surface area contributed by atoms with Gasteiger partial charge < -0.3 is 20.1 Å². The van der Waals surface area contributed by atoms with Crippen LogP contribution in [-0.4, -0.2) is 40.7 Å². The van der Waals surface area contributed by atoms with E-state index in [0.717, 1.165) is 25.0 Å². The number of hydrogen-bond donors (Lipinski definition) is 3. The minimum Gasteiger partial charge on any atom is -0.491 e. The molecule has 0 aromatic heterocycles. The third-order valence-electron chi connectivity index (χ3n) is 7.30. The Morgan fingerprint density at radius 3 is 2.88 bits per heavy atom. The van der Waals surface area contributed by atoms with Crippen molar-refractivity contribution in [3.05, 3.63) is 29.3 Å². The topological polar surface area (TPSA) is 69.9 Å². The maximum Gasteiger partial charge on any atom is 0.119 e. The summed E-state index contributed by atoms with van der Waals surface area (Å²) in [7, 11) is 0. The molecule has 3 N–H and O–H groups in total. The summed E-state index contributed by atoms with van der Waals surface area (Å²) in [5.74, 6) is 2.75. The van der Waals surface area contributed by atoms with E-state index in [0.29, 0.717) is 17.8 Å². The van der Waals surface area contributed by atoms with Crippen molar-refractivity contribution >= 4 is 0 Å². The highest BCUT2D eigenvalue weighted by molar-refractivity contribution is 5.40. The van der Waals surface area contributed by atoms with Crippen LogP contribution in [0.2, 0.25) is 0 Å². The van der Waals surface area contributed by atoms with Crippen molar-refractivity contribution in [1.29, 1.82) is 0 Å². The fourth-order valence-electron chi connectivity index (χ4n) is 5.87. The van der Waals surface area contributed by atoms with Gasteiger partial charge in [0.15, 0.2) is 0 Å². The van der Waals surface area contributed by atoms with Crippen molar-refractivity contribution in [3.8, 4) is 5.75 Å². The summed E-state index contributed by atoms with van der Waals surface area (Å²) in [6, 6.07) is 6.33. The van der Waals surface area contributed by atoms with E-state index in [1.807, 2.05) is 6.07 Å². The number of hydrogen-bond acceptors (Lipinski definition) is 4. The summed E-state index contributed by atoms with van der Waals surface area (Å²) in [4.78, 5) is 0. The fraction of sp³-hybridized carbons (Fsp3) is 0.714. The zero-order valence-corrected chi connectivity index (χ0v) is 15.0. The molecule has 4 nitrogen and oxygen atoms in total. The van der Waals surface area contributed by atoms with Crippen LogP contribution < -0.4 is 4.74 Å². The van der Waals surface area contributed by atoms with E-state index in [9.17, 15) is 10.2 Å². The van der Waals surface area contributed by atoms with E-state index in [1.54, 1.807) is 0 Å². The molecule has 0 saturated heterocycles. The number of rotatable bonds is 4. The first-order valence-corrected chi connectivity index (χ1v) is 9.75. The molecular weight excluding hydrogens is 316 g/mol. The second kappa shape index (κ2) is 6.57. The number of aliphatic hydroxyl groups excluding tert-OH is 3. The van der Waals surface area contributed by atoms with Crippen molar-refractivity contribution in [1.82, 2.24) is 0 Å². The minimum absolute atomic E-state index is 0.117. The molecule has 0 heterocycles. The molecule has 2 fully saturated rings. The van der Waals surface area contributed by atoms with Crippen molar-refractivity contribution in [3.63, 3.8) is 0 Å². The van der Waals surface area contributed by atoms with Gasteiger partial charge in [0, 0.05) is 0 Å². The van der Waals surface area contributed by atoms with E-state index < -0.39 is 6.10 Å². The summed E-state index contributed by atoms with van der Waals surface area (Å²) in [6.07, 6.45) is 5.77. The van der Waals surface area contributed by atoms with E-state index >= 15 is 0 Å². The van der Waals surface area contributed by atoms with Crippen LogP contribution >= 0.6 is 0 Å². The van der Waals surface area contributed by atoms with Gasteiger partial charge in [-0.05, 0) is 85.0 Å². The van der Waals surface area contributed by atoms with E-state index in [1.165, 1.54) is 30.4 Å². The average molecular weight is 346 g/mol. The van der Waals surface area contributed by atoms with Gasteiger partial charge in [-0.15, -0.1) is 0 Å². The Morgan fingerprint density at radius 1 is 1.24 bits per heavy atom. The second-order valence-electron chi connectivity index (χ2n) is 8.56. The van der Waals surface area contributed by atoms with Gasteiger partial charge in [-0.3, -0.25) is 0 Å². The molecule has 0 aliphatic heterocycles. The lowest BCUT2D eigenvalue weighted by Crippen LogP contribution is -2.43. The highest BCUT2D eigenvalue weighted by Gasteiger charge is 2.54. The first kappa shape index (κ1) is 17.3. The van der Waals surface area contributed by atoms with Gasteiger partial charge in [-0.1, -0.05) is 13.0 Å². The SMILES string of the molecule is CC12CCC3c4ccc(OCC(O)CO)cc4CCC3C1CCC2O. The number of ether oxygens (including phenoxy) is 1. The molecule has 1 aromatic rings. The van der Waals surface area contributed by atoms with Crippen LogP contribution in [0.1, 0.15) is 56.1 Å². The Bertz CT molecular complexity index is 630. The van der Waals surface area contributed by atoms with Crippen molar-refractivity contribution in [2.75, 3.05) is 13.2 Å². The molecule has 138 valence electrons. The maximum atomic E-state index is 10.5. The van der Waals surface area contributed by atoms with E-state index in [2.05, 4.69) is 19.1 Å². The predicted octanol–water partition coefficient (Wildman–Crippen LogP) is 2.64. The van der Waals surface area contributed by atoms with Crippen molar-refractivity contribution in [2.45, 2.75) is 63.6 Å². The molecule has 4 rings (SSSR count). The van der Waals surface area contributed by atoms with Gasteiger partial charge in [0.05, 0.1) is 12.7 Å². The van der Waals surface area contributed by atoms with Crippen LogP contribution in [0.4, 0.5) is 0 Å². The van der Waals surface area contributed by atoms with Gasteiger partial charge in [0.2, 0.25) is 0 Å². The van der Waals surface area contributed by atoms with Crippen LogP contribution in [0.15, 0.2) is 18.2 Å². The van der Waals surface area contributed by atoms with Gasteiger partial charge in [0.1, 0.15) is 18.5 Å². The van der Waals surface area contributed by atoms with Crippen LogP contribution in [0.25, 0.3) is 0 Å². The third kappa shape index (κ3) is 2.88. The lowest BCUT2D eigenvalue weighted by atomic mass is 9.55. The normalized spacial score (nSPS) is 37.8. The quantitative estimate of drug-likeness (QED) is 0.784. The molecule has 6 unspecified atom stereocenters. The molecule has 0 bridgehead atoms. The molecule has 0 spiro atoms. The van der Waals surface area contributed by atoms with Gasteiger partial charge in [-0.2, -0.15) is 0 Å². The smallest absolute Gasteiger partial charge is 0.119 e. The molecule has 2 saturated carbocycles. The van der Waals surface area contributed by atoms with E-state index in [4.69, 9.17) is 9.84 Å². The molecular formula is C21H30O4.